The molecular formula is C16H17N3O2. The Morgan fingerprint density at radius 3 is 2.48 bits per heavy atom. The number of benzene rings is 1. The van der Waals surface area contributed by atoms with E-state index in [0.29, 0.717) is 12.5 Å². The van der Waals surface area contributed by atoms with Gasteiger partial charge < -0.3 is 5.11 Å². The standard InChI is InChI=1S/C16H17N3O2/c20-16(21)14(12-4-2-1-3-5-12)17-8-11-9-18-15(19-10-11)13-6-7-13/h1-5,9-10,13-14,17H,6-8H2,(H,20,21)/t14-/m1/s1. The van der Waals surface area contributed by atoms with Crippen molar-refractivity contribution in [1.29, 1.82) is 0 Å². The molecular weight excluding hydrogens is 266 g/mol. The van der Waals surface area contributed by atoms with E-state index in [1.54, 1.807) is 24.5 Å². The zero-order valence-electron chi connectivity index (χ0n) is 11.6. The maximum absolute atomic E-state index is 11.4. The number of hydrogen-bond acceptors (Lipinski definition) is 4. The highest BCUT2D eigenvalue weighted by Crippen LogP contribution is 2.37. The molecule has 0 unspecified atom stereocenters. The number of nitrogens with zero attached hydrogens (tertiary/aromatic N) is 2. The summed E-state index contributed by atoms with van der Waals surface area (Å²) >= 11 is 0. The van der Waals surface area contributed by atoms with Crippen molar-refractivity contribution in [2.75, 3.05) is 0 Å². The fraction of sp³-hybridized carbons (Fsp3) is 0.312. The molecule has 1 aliphatic rings. The molecule has 21 heavy (non-hydrogen) atoms. The quantitative estimate of drug-likeness (QED) is 0.850. The third-order valence-corrected chi connectivity index (χ3v) is 3.56. The molecule has 1 fully saturated rings. The summed E-state index contributed by atoms with van der Waals surface area (Å²) in [5.74, 6) is 0.538. The van der Waals surface area contributed by atoms with Gasteiger partial charge >= 0.3 is 5.97 Å². The van der Waals surface area contributed by atoms with Gasteiger partial charge in [0.05, 0.1) is 0 Å². The number of aromatic nitrogens is 2. The van der Waals surface area contributed by atoms with E-state index in [-0.39, 0.29) is 0 Å². The Bertz CT molecular complexity index is 609. The van der Waals surface area contributed by atoms with Crippen LogP contribution < -0.4 is 5.32 Å². The molecule has 1 heterocycles. The molecule has 1 atom stereocenters. The molecule has 1 aromatic carbocycles. The average Bonchev–Trinajstić information content (AvgIpc) is 3.34. The minimum Gasteiger partial charge on any atom is -0.480 e. The molecule has 1 aliphatic carbocycles. The van der Waals surface area contributed by atoms with Crippen molar-refractivity contribution in [2.24, 2.45) is 0 Å². The van der Waals surface area contributed by atoms with E-state index < -0.39 is 12.0 Å². The minimum atomic E-state index is -0.892. The van der Waals surface area contributed by atoms with Gasteiger partial charge in [-0.2, -0.15) is 0 Å². The summed E-state index contributed by atoms with van der Waals surface area (Å²) in [5, 5.41) is 12.4. The van der Waals surface area contributed by atoms with Gasteiger partial charge in [0.25, 0.3) is 0 Å². The molecule has 1 aromatic heterocycles. The van der Waals surface area contributed by atoms with E-state index in [9.17, 15) is 9.90 Å². The third-order valence-electron chi connectivity index (χ3n) is 3.56. The Kier molecular flexibility index (Phi) is 3.92. The Morgan fingerprint density at radius 1 is 1.24 bits per heavy atom. The van der Waals surface area contributed by atoms with Crippen LogP contribution in [0.2, 0.25) is 0 Å². The first kappa shape index (κ1) is 13.7. The van der Waals surface area contributed by atoms with Crippen LogP contribution in [0.15, 0.2) is 42.7 Å². The molecule has 0 spiro atoms. The normalized spacial score (nSPS) is 15.6. The van der Waals surface area contributed by atoms with Crippen LogP contribution in [0.3, 0.4) is 0 Å². The van der Waals surface area contributed by atoms with Gasteiger partial charge in [-0.25, -0.2) is 9.97 Å². The Hall–Kier alpha value is -2.27. The molecule has 0 amide bonds. The summed E-state index contributed by atoms with van der Waals surface area (Å²) in [6, 6.07) is 8.42. The summed E-state index contributed by atoms with van der Waals surface area (Å²) in [6.45, 7) is 0.427. The van der Waals surface area contributed by atoms with Crippen molar-refractivity contribution in [3.8, 4) is 0 Å². The van der Waals surface area contributed by atoms with Crippen molar-refractivity contribution in [2.45, 2.75) is 31.3 Å². The molecule has 5 nitrogen and oxygen atoms in total. The number of hydrogen-bond donors (Lipinski definition) is 2. The lowest BCUT2D eigenvalue weighted by atomic mass is 10.1. The Labute approximate surface area is 123 Å². The van der Waals surface area contributed by atoms with Crippen LogP contribution in [0.5, 0.6) is 0 Å². The van der Waals surface area contributed by atoms with Crippen molar-refractivity contribution in [3.05, 3.63) is 59.7 Å². The largest absolute Gasteiger partial charge is 0.480 e. The molecule has 0 radical (unpaired) electrons. The van der Waals surface area contributed by atoms with Crippen LogP contribution in [-0.4, -0.2) is 21.0 Å². The lowest BCUT2D eigenvalue weighted by Gasteiger charge is -2.14. The molecule has 2 N–H and O–H groups in total. The van der Waals surface area contributed by atoms with Crippen LogP contribution >= 0.6 is 0 Å². The predicted octanol–water partition coefficient (Wildman–Crippen LogP) is 2.27. The number of carboxylic acids is 1. The fourth-order valence-electron chi connectivity index (χ4n) is 2.22. The number of carbonyl (C=O) groups is 1. The zero-order valence-corrected chi connectivity index (χ0v) is 11.6. The lowest BCUT2D eigenvalue weighted by Crippen LogP contribution is -2.28. The van der Waals surface area contributed by atoms with Crippen LogP contribution in [0, 0.1) is 0 Å². The number of carboxylic acid groups (broad SMARTS) is 1. The summed E-state index contributed by atoms with van der Waals surface area (Å²) in [6.07, 6.45) is 5.90. The van der Waals surface area contributed by atoms with Gasteiger partial charge in [-0.3, -0.25) is 10.1 Å². The Morgan fingerprint density at radius 2 is 1.90 bits per heavy atom. The second kappa shape index (κ2) is 6.01. The van der Waals surface area contributed by atoms with Gasteiger partial charge in [-0.05, 0) is 18.4 Å². The average molecular weight is 283 g/mol. The van der Waals surface area contributed by atoms with Gasteiger partial charge in [0.1, 0.15) is 11.9 Å². The van der Waals surface area contributed by atoms with Crippen molar-refractivity contribution < 1.29 is 9.90 Å². The third kappa shape index (κ3) is 3.44. The lowest BCUT2D eigenvalue weighted by molar-refractivity contribution is -0.139. The molecule has 3 rings (SSSR count). The first-order chi connectivity index (χ1) is 10.2. The van der Waals surface area contributed by atoms with Gasteiger partial charge in [-0.1, -0.05) is 30.3 Å². The van der Waals surface area contributed by atoms with Gasteiger partial charge in [0, 0.05) is 30.4 Å². The molecule has 1 saturated carbocycles. The molecule has 0 bridgehead atoms. The van der Waals surface area contributed by atoms with E-state index in [1.807, 2.05) is 18.2 Å². The van der Waals surface area contributed by atoms with Crippen molar-refractivity contribution in [1.82, 2.24) is 15.3 Å². The first-order valence-electron chi connectivity index (χ1n) is 7.06. The monoisotopic (exact) mass is 283 g/mol. The highest BCUT2D eigenvalue weighted by atomic mass is 16.4. The van der Waals surface area contributed by atoms with Gasteiger partial charge in [0.15, 0.2) is 0 Å². The van der Waals surface area contributed by atoms with Crippen LogP contribution in [-0.2, 0) is 11.3 Å². The second-order valence-corrected chi connectivity index (χ2v) is 5.29. The first-order valence-corrected chi connectivity index (χ1v) is 7.06. The van der Waals surface area contributed by atoms with Crippen LogP contribution in [0.4, 0.5) is 0 Å². The SMILES string of the molecule is O=C(O)[C@H](NCc1cnc(C2CC2)nc1)c1ccccc1. The van der Waals surface area contributed by atoms with Crippen LogP contribution in [0.25, 0.3) is 0 Å². The molecule has 108 valence electrons. The van der Waals surface area contributed by atoms with Crippen LogP contribution in [0.1, 0.15) is 41.8 Å². The zero-order chi connectivity index (χ0) is 14.7. The maximum Gasteiger partial charge on any atom is 0.325 e. The summed E-state index contributed by atoms with van der Waals surface area (Å²) in [7, 11) is 0. The molecule has 0 aliphatic heterocycles. The number of nitrogens with one attached hydrogen (secondary N) is 1. The van der Waals surface area contributed by atoms with E-state index in [2.05, 4.69) is 15.3 Å². The van der Waals surface area contributed by atoms with Gasteiger partial charge in [0.2, 0.25) is 0 Å². The summed E-state index contributed by atoms with van der Waals surface area (Å²) < 4.78 is 0. The van der Waals surface area contributed by atoms with E-state index in [0.717, 1.165) is 17.0 Å². The highest BCUT2D eigenvalue weighted by molar-refractivity contribution is 5.75. The maximum atomic E-state index is 11.4. The molecule has 0 saturated heterocycles. The van der Waals surface area contributed by atoms with Crippen molar-refractivity contribution >= 4 is 5.97 Å². The van der Waals surface area contributed by atoms with Gasteiger partial charge in [-0.15, -0.1) is 0 Å². The van der Waals surface area contributed by atoms with E-state index >= 15 is 0 Å². The Balaban J connectivity index is 1.65. The smallest absolute Gasteiger partial charge is 0.325 e. The molecule has 5 heteroatoms. The minimum absolute atomic E-state index is 0.427. The van der Waals surface area contributed by atoms with E-state index in [1.165, 1.54) is 12.8 Å². The van der Waals surface area contributed by atoms with E-state index in [4.69, 9.17) is 0 Å². The summed E-state index contributed by atoms with van der Waals surface area (Å²) in [4.78, 5) is 20.1. The fourth-order valence-corrected chi connectivity index (χ4v) is 2.22. The summed E-state index contributed by atoms with van der Waals surface area (Å²) in [5.41, 5.74) is 1.63. The second-order valence-electron chi connectivity index (χ2n) is 5.29. The topological polar surface area (TPSA) is 75.1 Å². The predicted molar refractivity (Wildman–Crippen MR) is 77.7 cm³/mol. The number of rotatable bonds is 6. The number of aliphatic carboxylic acids is 1. The highest BCUT2D eigenvalue weighted by Gasteiger charge is 2.26. The molecule has 2 aromatic rings. The van der Waals surface area contributed by atoms with Crippen molar-refractivity contribution in [3.63, 3.8) is 0 Å².